The topological polar surface area (TPSA) is 126 Å². The maximum absolute atomic E-state index is 13.5. The maximum atomic E-state index is 13.5. The van der Waals surface area contributed by atoms with Gasteiger partial charge < -0.3 is 18.9 Å². The number of ether oxygens (including phenoxy) is 4. The summed E-state index contributed by atoms with van der Waals surface area (Å²) in [5.41, 5.74) is -1.25. The fourth-order valence-electron chi connectivity index (χ4n) is 4.46. The number of anilines is 1. The fourth-order valence-corrected chi connectivity index (χ4v) is 4.46. The second kappa shape index (κ2) is 7.86. The van der Waals surface area contributed by atoms with Gasteiger partial charge in [0.05, 0.1) is 35.8 Å². The van der Waals surface area contributed by atoms with Gasteiger partial charge in [-0.2, -0.15) is 0 Å². The lowest BCUT2D eigenvalue weighted by atomic mass is 9.76. The Bertz CT molecular complexity index is 1030. The van der Waals surface area contributed by atoms with E-state index in [1.807, 2.05) is 0 Å². The van der Waals surface area contributed by atoms with Crippen molar-refractivity contribution in [3.63, 3.8) is 0 Å². The number of hydrogen-bond donors (Lipinski definition) is 0. The standard InChI is InChI=1S/C22H21NO9/c1-4-29-20(28)13-6-5-7-14(10-13)23-18(26)16-15-8-9-22(32-15,17(16)19(23)27)21(30-11(2)24)31-12(3)25/h5-10,15-17,21H,4H2,1-3H3/t15-,16-,17+,22+/m1/s1. The second-order valence-corrected chi connectivity index (χ2v) is 7.63. The number of esters is 3. The molecule has 0 saturated carbocycles. The number of carbonyl (C=O) groups is 5. The van der Waals surface area contributed by atoms with Gasteiger partial charge in [0, 0.05) is 13.8 Å². The highest BCUT2D eigenvalue weighted by atomic mass is 16.7. The smallest absolute Gasteiger partial charge is 0.338 e. The molecule has 4 atom stereocenters. The monoisotopic (exact) mass is 443 g/mol. The normalized spacial score (nSPS) is 27.6. The summed E-state index contributed by atoms with van der Waals surface area (Å²) in [6.45, 7) is 4.10. The maximum Gasteiger partial charge on any atom is 0.338 e. The lowest BCUT2D eigenvalue weighted by Gasteiger charge is -2.34. The number of benzene rings is 1. The molecule has 0 unspecified atom stereocenters. The van der Waals surface area contributed by atoms with Crippen molar-refractivity contribution in [3.8, 4) is 0 Å². The first-order valence-electron chi connectivity index (χ1n) is 10.1. The van der Waals surface area contributed by atoms with E-state index < -0.39 is 59.6 Å². The molecular formula is C22H21NO9. The van der Waals surface area contributed by atoms with Gasteiger partial charge in [-0.05, 0) is 31.2 Å². The van der Waals surface area contributed by atoms with E-state index in [4.69, 9.17) is 18.9 Å². The first kappa shape index (κ1) is 21.7. The summed E-state index contributed by atoms with van der Waals surface area (Å²) < 4.78 is 21.2. The van der Waals surface area contributed by atoms with Gasteiger partial charge in [0.25, 0.3) is 6.29 Å². The minimum absolute atomic E-state index is 0.176. The number of fused-ring (bicyclic) bond motifs is 5. The molecular weight excluding hydrogens is 422 g/mol. The molecule has 4 rings (SSSR count). The van der Waals surface area contributed by atoms with Gasteiger partial charge in [-0.3, -0.25) is 19.2 Å². The number of rotatable bonds is 6. The summed E-state index contributed by atoms with van der Waals surface area (Å²) >= 11 is 0. The zero-order valence-electron chi connectivity index (χ0n) is 17.6. The minimum atomic E-state index is -1.63. The molecule has 2 bridgehead atoms. The first-order valence-corrected chi connectivity index (χ1v) is 10.1. The summed E-state index contributed by atoms with van der Waals surface area (Å²) in [6.07, 6.45) is 0.781. The molecule has 2 saturated heterocycles. The van der Waals surface area contributed by atoms with Crippen molar-refractivity contribution in [1.82, 2.24) is 0 Å². The van der Waals surface area contributed by atoms with Gasteiger partial charge in [0.15, 0.2) is 5.60 Å². The van der Waals surface area contributed by atoms with E-state index in [-0.39, 0.29) is 17.9 Å². The number of hydrogen-bond acceptors (Lipinski definition) is 9. The van der Waals surface area contributed by atoms with Gasteiger partial charge in [0.1, 0.15) is 0 Å². The molecule has 168 valence electrons. The molecule has 0 spiro atoms. The highest BCUT2D eigenvalue weighted by Crippen LogP contribution is 2.54. The van der Waals surface area contributed by atoms with Crippen LogP contribution in [-0.4, -0.2) is 54.3 Å². The van der Waals surface area contributed by atoms with Crippen LogP contribution in [0, 0.1) is 11.8 Å². The van der Waals surface area contributed by atoms with Crippen LogP contribution in [0.5, 0.6) is 0 Å². The molecule has 3 aliphatic rings. The molecule has 1 aromatic rings. The Kier molecular flexibility index (Phi) is 5.33. The van der Waals surface area contributed by atoms with E-state index in [2.05, 4.69) is 0 Å². The van der Waals surface area contributed by atoms with E-state index >= 15 is 0 Å². The predicted octanol–water partition coefficient (Wildman–Crippen LogP) is 1.13. The zero-order chi connectivity index (χ0) is 23.2. The molecule has 3 heterocycles. The van der Waals surface area contributed by atoms with Gasteiger partial charge >= 0.3 is 17.9 Å². The quantitative estimate of drug-likeness (QED) is 0.275. The summed E-state index contributed by atoms with van der Waals surface area (Å²) in [5.74, 6) is -5.19. The van der Waals surface area contributed by atoms with Gasteiger partial charge in [-0.15, -0.1) is 0 Å². The van der Waals surface area contributed by atoms with E-state index in [1.54, 1.807) is 13.0 Å². The Hall–Kier alpha value is -3.53. The summed E-state index contributed by atoms with van der Waals surface area (Å²) in [5, 5.41) is 0. The van der Waals surface area contributed by atoms with Crippen LogP contribution in [0.25, 0.3) is 0 Å². The van der Waals surface area contributed by atoms with Crippen LogP contribution >= 0.6 is 0 Å². The lowest BCUT2D eigenvalue weighted by molar-refractivity contribution is -0.226. The summed E-state index contributed by atoms with van der Waals surface area (Å²) in [4.78, 5) is 63.1. The minimum Gasteiger partial charge on any atom is -0.462 e. The number of imide groups is 1. The molecule has 2 amide bonds. The van der Waals surface area contributed by atoms with Crippen LogP contribution in [-0.2, 0) is 38.1 Å². The van der Waals surface area contributed by atoms with Crippen molar-refractivity contribution in [2.75, 3.05) is 11.5 Å². The molecule has 10 nitrogen and oxygen atoms in total. The molecule has 3 aliphatic heterocycles. The Morgan fingerprint density at radius 3 is 2.44 bits per heavy atom. The third-order valence-corrected chi connectivity index (χ3v) is 5.61. The van der Waals surface area contributed by atoms with Crippen molar-refractivity contribution >= 4 is 35.4 Å². The number of amides is 2. The SMILES string of the molecule is CCOC(=O)c1cccc(N2C(=O)[C@H]3[C@@H](C2=O)[C@]2(C(OC(C)=O)OC(C)=O)C=C[C@H]3O2)c1. The van der Waals surface area contributed by atoms with Crippen molar-refractivity contribution in [3.05, 3.63) is 42.0 Å². The van der Waals surface area contributed by atoms with E-state index in [0.29, 0.717) is 0 Å². The van der Waals surface area contributed by atoms with Crippen LogP contribution in [0.4, 0.5) is 5.69 Å². The van der Waals surface area contributed by atoms with Crippen LogP contribution in [0.15, 0.2) is 36.4 Å². The van der Waals surface area contributed by atoms with Gasteiger partial charge in [-0.1, -0.05) is 12.1 Å². The molecule has 0 N–H and O–H groups in total. The molecule has 10 heteroatoms. The fraction of sp³-hybridized carbons (Fsp3) is 0.409. The third kappa shape index (κ3) is 3.27. The van der Waals surface area contributed by atoms with E-state index in [1.165, 1.54) is 30.3 Å². The number of nitrogens with zero attached hydrogens (tertiary/aromatic N) is 1. The molecule has 2 fully saturated rings. The first-order chi connectivity index (χ1) is 15.2. The Morgan fingerprint density at radius 2 is 1.81 bits per heavy atom. The Morgan fingerprint density at radius 1 is 1.12 bits per heavy atom. The zero-order valence-corrected chi connectivity index (χ0v) is 17.6. The van der Waals surface area contributed by atoms with Gasteiger partial charge in [-0.25, -0.2) is 9.69 Å². The van der Waals surface area contributed by atoms with E-state index in [0.717, 1.165) is 18.7 Å². The highest BCUT2D eigenvalue weighted by Gasteiger charge is 2.72. The second-order valence-electron chi connectivity index (χ2n) is 7.63. The van der Waals surface area contributed by atoms with Crippen molar-refractivity contribution in [2.24, 2.45) is 11.8 Å². The van der Waals surface area contributed by atoms with Crippen LogP contribution in [0.2, 0.25) is 0 Å². The Balaban J connectivity index is 1.71. The molecule has 0 radical (unpaired) electrons. The largest absolute Gasteiger partial charge is 0.462 e. The molecule has 0 aromatic heterocycles. The van der Waals surface area contributed by atoms with Crippen LogP contribution in [0.3, 0.4) is 0 Å². The summed E-state index contributed by atoms with van der Waals surface area (Å²) in [6, 6.07) is 5.97. The predicted molar refractivity (Wildman–Crippen MR) is 106 cm³/mol. The number of carbonyl (C=O) groups excluding carboxylic acids is 5. The average molecular weight is 443 g/mol. The average Bonchev–Trinajstić information content (AvgIpc) is 3.38. The van der Waals surface area contributed by atoms with Crippen LogP contribution in [0.1, 0.15) is 31.1 Å². The molecule has 32 heavy (non-hydrogen) atoms. The highest BCUT2D eigenvalue weighted by molar-refractivity contribution is 6.23. The lowest BCUT2D eigenvalue weighted by Crippen LogP contribution is -2.52. The van der Waals surface area contributed by atoms with E-state index in [9.17, 15) is 24.0 Å². The molecule has 1 aromatic carbocycles. The van der Waals surface area contributed by atoms with Gasteiger partial charge in [0.2, 0.25) is 11.8 Å². The summed E-state index contributed by atoms with van der Waals surface area (Å²) in [7, 11) is 0. The van der Waals surface area contributed by atoms with Crippen molar-refractivity contribution in [2.45, 2.75) is 38.8 Å². The van der Waals surface area contributed by atoms with Crippen LogP contribution < -0.4 is 4.90 Å². The van der Waals surface area contributed by atoms with Crippen molar-refractivity contribution < 1.29 is 42.9 Å². The van der Waals surface area contributed by atoms with Crippen molar-refractivity contribution in [1.29, 1.82) is 0 Å². The Labute approximate surface area is 183 Å². The third-order valence-electron chi connectivity index (χ3n) is 5.61. The molecule has 0 aliphatic carbocycles.